The molecule has 2 nitrogen and oxygen atoms in total. The standard InChI is InChI=1S/C15H13Br2ClO2S/c1-8-6-19-11-3-2-9(4-12(11)20-7-8)14(18)10-5-13(16)21-15(10)17/h2-5,8,14H,6-7H2,1H3. The van der Waals surface area contributed by atoms with Gasteiger partial charge < -0.3 is 9.47 Å². The number of hydrogen-bond donors (Lipinski definition) is 0. The SMILES string of the molecule is CC1COc2ccc(C(Cl)c3cc(Br)sc3Br)cc2OC1. The van der Waals surface area contributed by atoms with Crippen molar-refractivity contribution in [2.45, 2.75) is 12.3 Å². The number of halogens is 3. The number of thiophene rings is 1. The second-order valence-electron chi connectivity index (χ2n) is 5.08. The first-order chi connectivity index (χ1) is 10.0. The summed E-state index contributed by atoms with van der Waals surface area (Å²) in [4.78, 5) is 0. The van der Waals surface area contributed by atoms with Crippen LogP contribution >= 0.6 is 54.8 Å². The lowest BCUT2D eigenvalue weighted by Crippen LogP contribution is -2.12. The molecule has 2 heterocycles. The maximum atomic E-state index is 6.62. The van der Waals surface area contributed by atoms with Crippen LogP contribution in [0.2, 0.25) is 0 Å². The Labute approximate surface area is 149 Å². The highest BCUT2D eigenvalue weighted by atomic mass is 79.9. The average Bonchev–Trinajstić information content (AvgIpc) is 2.69. The van der Waals surface area contributed by atoms with E-state index >= 15 is 0 Å². The molecule has 2 atom stereocenters. The minimum atomic E-state index is -0.225. The summed E-state index contributed by atoms with van der Waals surface area (Å²) >= 11 is 15.3. The van der Waals surface area contributed by atoms with Crippen molar-refractivity contribution in [3.63, 3.8) is 0 Å². The van der Waals surface area contributed by atoms with Crippen molar-refractivity contribution in [3.05, 3.63) is 43.0 Å². The van der Waals surface area contributed by atoms with Gasteiger partial charge in [0.05, 0.1) is 26.2 Å². The molecule has 6 heteroatoms. The van der Waals surface area contributed by atoms with Crippen LogP contribution < -0.4 is 9.47 Å². The molecule has 1 aromatic carbocycles. The van der Waals surface area contributed by atoms with E-state index < -0.39 is 0 Å². The lowest BCUT2D eigenvalue weighted by Gasteiger charge is -2.13. The van der Waals surface area contributed by atoms with Crippen LogP contribution in [-0.4, -0.2) is 13.2 Å². The van der Waals surface area contributed by atoms with Gasteiger partial charge in [0.1, 0.15) is 0 Å². The molecule has 21 heavy (non-hydrogen) atoms. The summed E-state index contributed by atoms with van der Waals surface area (Å²) in [6.07, 6.45) is 0. The molecule has 1 aliphatic heterocycles. The summed E-state index contributed by atoms with van der Waals surface area (Å²) in [6, 6.07) is 7.95. The normalized spacial score (nSPS) is 19.1. The topological polar surface area (TPSA) is 18.5 Å². The van der Waals surface area contributed by atoms with Gasteiger partial charge in [-0.1, -0.05) is 13.0 Å². The van der Waals surface area contributed by atoms with E-state index in [1.807, 2.05) is 24.3 Å². The second-order valence-corrected chi connectivity index (χ2v) is 9.26. The van der Waals surface area contributed by atoms with E-state index in [1.54, 1.807) is 11.3 Å². The molecule has 0 fully saturated rings. The highest BCUT2D eigenvalue weighted by Crippen LogP contribution is 2.43. The molecule has 3 rings (SSSR count). The van der Waals surface area contributed by atoms with E-state index in [0.29, 0.717) is 19.1 Å². The van der Waals surface area contributed by atoms with Crippen LogP contribution in [0.15, 0.2) is 31.8 Å². The van der Waals surface area contributed by atoms with Crippen molar-refractivity contribution in [3.8, 4) is 11.5 Å². The third-order valence-corrected chi connectivity index (χ3v) is 6.14. The average molecular weight is 453 g/mol. The van der Waals surface area contributed by atoms with E-state index in [-0.39, 0.29) is 5.38 Å². The van der Waals surface area contributed by atoms with E-state index in [2.05, 4.69) is 38.8 Å². The molecule has 1 aromatic heterocycles. The number of rotatable bonds is 2. The number of benzene rings is 1. The third kappa shape index (κ3) is 3.41. The Balaban J connectivity index is 1.91. The summed E-state index contributed by atoms with van der Waals surface area (Å²) in [5.74, 6) is 1.94. The van der Waals surface area contributed by atoms with Crippen molar-refractivity contribution >= 4 is 54.8 Å². The van der Waals surface area contributed by atoms with Crippen LogP contribution in [0.25, 0.3) is 0 Å². The minimum Gasteiger partial charge on any atom is -0.489 e. The summed E-state index contributed by atoms with van der Waals surface area (Å²) in [7, 11) is 0. The number of ether oxygens (including phenoxy) is 2. The Morgan fingerprint density at radius 3 is 2.57 bits per heavy atom. The third-order valence-electron chi connectivity index (χ3n) is 3.26. The molecule has 112 valence electrons. The van der Waals surface area contributed by atoms with E-state index in [9.17, 15) is 0 Å². The lowest BCUT2D eigenvalue weighted by atomic mass is 10.1. The molecule has 2 unspecified atom stereocenters. The van der Waals surface area contributed by atoms with Crippen molar-refractivity contribution in [1.29, 1.82) is 0 Å². The largest absolute Gasteiger partial charge is 0.489 e. The zero-order valence-corrected chi connectivity index (χ0v) is 16.0. The molecule has 1 aliphatic rings. The van der Waals surface area contributed by atoms with Crippen LogP contribution in [0.4, 0.5) is 0 Å². The zero-order valence-electron chi connectivity index (χ0n) is 11.2. The summed E-state index contributed by atoms with van der Waals surface area (Å²) in [5, 5.41) is -0.225. The molecule has 0 amide bonds. The fourth-order valence-corrected chi connectivity index (χ4v) is 5.54. The van der Waals surface area contributed by atoms with Gasteiger partial charge >= 0.3 is 0 Å². The Hall–Kier alpha value is -0.230. The maximum absolute atomic E-state index is 6.62. The summed E-state index contributed by atoms with van der Waals surface area (Å²) in [5.41, 5.74) is 2.05. The summed E-state index contributed by atoms with van der Waals surface area (Å²) in [6.45, 7) is 3.45. The van der Waals surface area contributed by atoms with Crippen molar-refractivity contribution in [2.75, 3.05) is 13.2 Å². The molecule has 0 spiro atoms. The van der Waals surface area contributed by atoms with Gasteiger partial charge in [-0.3, -0.25) is 0 Å². The zero-order chi connectivity index (χ0) is 15.0. The first-order valence-electron chi connectivity index (χ1n) is 6.53. The molecule has 0 N–H and O–H groups in total. The van der Waals surface area contributed by atoms with Gasteiger partial charge in [0.25, 0.3) is 0 Å². The van der Waals surface area contributed by atoms with Crippen molar-refractivity contribution in [1.82, 2.24) is 0 Å². The van der Waals surface area contributed by atoms with E-state index in [0.717, 1.165) is 30.2 Å². The van der Waals surface area contributed by atoms with Gasteiger partial charge in [-0.25, -0.2) is 0 Å². The Morgan fingerprint density at radius 2 is 1.90 bits per heavy atom. The van der Waals surface area contributed by atoms with Gasteiger partial charge in [0, 0.05) is 11.5 Å². The quantitative estimate of drug-likeness (QED) is 0.520. The van der Waals surface area contributed by atoms with Crippen LogP contribution in [-0.2, 0) is 0 Å². The van der Waals surface area contributed by atoms with Gasteiger partial charge in [-0.2, -0.15) is 0 Å². The monoisotopic (exact) mass is 450 g/mol. The lowest BCUT2D eigenvalue weighted by molar-refractivity contribution is 0.228. The van der Waals surface area contributed by atoms with Crippen molar-refractivity contribution in [2.24, 2.45) is 5.92 Å². The maximum Gasteiger partial charge on any atom is 0.161 e. The molecule has 0 radical (unpaired) electrons. The number of fused-ring (bicyclic) bond motifs is 1. The smallest absolute Gasteiger partial charge is 0.161 e. The first-order valence-corrected chi connectivity index (χ1v) is 9.37. The van der Waals surface area contributed by atoms with Crippen LogP contribution in [0.3, 0.4) is 0 Å². The predicted octanol–water partition coefficient (Wildman–Crippen LogP) is 6.01. The first kappa shape index (κ1) is 15.7. The number of alkyl halides is 1. The Morgan fingerprint density at radius 1 is 1.19 bits per heavy atom. The van der Waals surface area contributed by atoms with Gasteiger partial charge in [0.15, 0.2) is 11.5 Å². The fraction of sp³-hybridized carbons (Fsp3) is 0.333. The fourth-order valence-electron chi connectivity index (χ4n) is 2.13. The highest BCUT2D eigenvalue weighted by Gasteiger charge is 2.20. The molecule has 0 saturated heterocycles. The van der Waals surface area contributed by atoms with Gasteiger partial charge in [0.2, 0.25) is 0 Å². The Kier molecular flexibility index (Phi) is 4.84. The minimum absolute atomic E-state index is 0.225. The Bertz CT molecular complexity index is 659. The molecular formula is C15H13Br2ClO2S. The van der Waals surface area contributed by atoms with Crippen LogP contribution in [0.5, 0.6) is 11.5 Å². The van der Waals surface area contributed by atoms with E-state index in [4.69, 9.17) is 21.1 Å². The molecule has 0 bridgehead atoms. The van der Waals surface area contributed by atoms with Crippen molar-refractivity contribution < 1.29 is 9.47 Å². The molecular weight excluding hydrogens is 439 g/mol. The number of hydrogen-bond acceptors (Lipinski definition) is 3. The second kappa shape index (κ2) is 6.49. The van der Waals surface area contributed by atoms with Gasteiger partial charge in [-0.15, -0.1) is 22.9 Å². The van der Waals surface area contributed by atoms with E-state index in [1.165, 1.54) is 0 Å². The van der Waals surface area contributed by atoms with Crippen LogP contribution in [0, 0.1) is 5.92 Å². The van der Waals surface area contributed by atoms with Gasteiger partial charge in [-0.05, 0) is 55.6 Å². The predicted molar refractivity (Wildman–Crippen MR) is 94.0 cm³/mol. The molecule has 0 saturated carbocycles. The summed E-state index contributed by atoms with van der Waals surface area (Å²) < 4.78 is 13.7. The highest BCUT2D eigenvalue weighted by molar-refractivity contribution is 9.12. The molecule has 2 aromatic rings. The molecule has 0 aliphatic carbocycles. The van der Waals surface area contributed by atoms with Crippen LogP contribution in [0.1, 0.15) is 23.4 Å².